The molecule has 6 heteroatoms. The average molecular weight is 295 g/mol. The van der Waals surface area contributed by atoms with Crippen molar-refractivity contribution in [2.75, 3.05) is 19.8 Å². The zero-order valence-electron chi connectivity index (χ0n) is 12.7. The molecule has 0 spiro atoms. The van der Waals surface area contributed by atoms with Crippen molar-refractivity contribution < 1.29 is 14.0 Å². The molecule has 0 amide bonds. The maximum atomic E-state index is 6.01. The highest BCUT2D eigenvalue weighted by atomic mass is 16.5. The normalized spacial score (nSPS) is 28.9. The Balaban J connectivity index is 1.74. The van der Waals surface area contributed by atoms with Gasteiger partial charge in [0.05, 0.1) is 19.1 Å². The summed E-state index contributed by atoms with van der Waals surface area (Å²) in [5, 5.41) is 4.17. The van der Waals surface area contributed by atoms with Crippen LogP contribution in [-0.2, 0) is 9.47 Å². The Bertz CT molecular complexity index is 445. The van der Waals surface area contributed by atoms with Crippen molar-refractivity contribution in [1.29, 1.82) is 0 Å². The summed E-state index contributed by atoms with van der Waals surface area (Å²) in [5.41, 5.74) is 6.01. The van der Waals surface area contributed by atoms with Crippen molar-refractivity contribution in [2.24, 2.45) is 11.7 Å². The van der Waals surface area contributed by atoms with Crippen LogP contribution in [0.1, 0.15) is 62.8 Å². The van der Waals surface area contributed by atoms with Gasteiger partial charge in [-0.15, -0.1) is 0 Å². The van der Waals surface area contributed by atoms with E-state index in [1.165, 1.54) is 32.1 Å². The van der Waals surface area contributed by atoms with Gasteiger partial charge in [-0.3, -0.25) is 0 Å². The number of aromatic nitrogens is 2. The topological polar surface area (TPSA) is 83.4 Å². The number of ether oxygens (including phenoxy) is 2. The summed E-state index contributed by atoms with van der Waals surface area (Å²) in [6, 6.07) is -0.0569. The van der Waals surface area contributed by atoms with Gasteiger partial charge in [0.15, 0.2) is 0 Å². The quantitative estimate of drug-likeness (QED) is 0.896. The molecule has 1 aromatic rings. The molecule has 0 radical (unpaired) electrons. The van der Waals surface area contributed by atoms with Crippen LogP contribution in [0.15, 0.2) is 4.52 Å². The second-order valence-electron chi connectivity index (χ2n) is 6.07. The van der Waals surface area contributed by atoms with Gasteiger partial charge in [-0.05, 0) is 25.7 Å². The Kier molecular flexibility index (Phi) is 4.87. The van der Waals surface area contributed by atoms with Gasteiger partial charge in [0.1, 0.15) is 6.10 Å². The number of nitrogens with zero attached hydrogens (tertiary/aromatic N) is 2. The predicted octanol–water partition coefficient (Wildman–Crippen LogP) is 2.17. The second-order valence-corrected chi connectivity index (χ2v) is 6.07. The Morgan fingerprint density at radius 1 is 1.29 bits per heavy atom. The molecule has 2 aliphatic rings. The van der Waals surface area contributed by atoms with Gasteiger partial charge in [-0.1, -0.05) is 24.4 Å². The molecule has 0 aromatic carbocycles. The van der Waals surface area contributed by atoms with Crippen LogP contribution in [-0.4, -0.2) is 36.0 Å². The summed E-state index contributed by atoms with van der Waals surface area (Å²) >= 11 is 0. The van der Waals surface area contributed by atoms with E-state index in [-0.39, 0.29) is 18.1 Å². The minimum Gasteiger partial charge on any atom is -0.379 e. The number of nitrogens with two attached hydrogens (primary N) is 1. The average Bonchev–Trinajstić information content (AvgIpc) is 3.14. The van der Waals surface area contributed by atoms with E-state index in [1.807, 2.05) is 6.92 Å². The molecule has 1 saturated heterocycles. The Morgan fingerprint density at radius 2 is 2.10 bits per heavy atom. The summed E-state index contributed by atoms with van der Waals surface area (Å²) in [5.74, 6) is 1.78. The van der Waals surface area contributed by atoms with Crippen molar-refractivity contribution in [3.05, 3.63) is 11.7 Å². The van der Waals surface area contributed by atoms with Gasteiger partial charge in [0, 0.05) is 12.6 Å². The molecule has 0 bridgehead atoms. The summed E-state index contributed by atoms with van der Waals surface area (Å²) in [6.07, 6.45) is 6.16. The third-order valence-corrected chi connectivity index (χ3v) is 4.58. The molecule has 3 unspecified atom stereocenters. The Morgan fingerprint density at radius 3 is 2.76 bits per heavy atom. The van der Waals surface area contributed by atoms with E-state index in [1.54, 1.807) is 0 Å². The third-order valence-electron chi connectivity index (χ3n) is 4.58. The van der Waals surface area contributed by atoms with Gasteiger partial charge in [-0.2, -0.15) is 4.98 Å². The maximum absolute atomic E-state index is 6.01. The molecular weight excluding hydrogens is 270 g/mol. The molecule has 1 aromatic heterocycles. The summed E-state index contributed by atoms with van der Waals surface area (Å²) < 4.78 is 16.7. The fourth-order valence-electron chi connectivity index (χ4n) is 3.38. The lowest BCUT2D eigenvalue weighted by molar-refractivity contribution is -0.00145. The highest BCUT2D eigenvalue weighted by molar-refractivity contribution is 5.03. The largest absolute Gasteiger partial charge is 0.379 e. The van der Waals surface area contributed by atoms with Crippen LogP contribution >= 0.6 is 0 Å². The molecule has 2 heterocycles. The molecule has 3 atom stereocenters. The number of rotatable bonds is 5. The summed E-state index contributed by atoms with van der Waals surface area (Å²) in [4.78, 5) is 4.57. The van der Waals surface area contributed by atoms with E-state index in [2.05, 4.69) is 10.1 Å². The minimum atomic E-state index is -0.0569. The second kappa shape index (κ2) is 6.85. The van der Waals surface area contributed by atoms with Crippen LogP contribution in [0, 0.1) is 5.92 Å². The smallest absolute Gasteiger partial charge is 0.233 e. The van der Waals surface area contributed by atoms with E-state index in [4.69, 9.17) is 19.7 Å². The highest BCUT2D eigenvalue weighted by Gasteiger charge is 2.34. The lowest BCUT2D eigenvalue weighted by atomic mass is 9.85. The predicted molar refractivity (Wildman–Crippen MR) is 76.8 cm³/mol. The first-order valence-corrected chi connectivity index (χ1v) is 8.08. The van der Waals surface area contributed by atoms with Crippen molar-refractivity contribution in [1.82, 2.24) is 10.1 Å². The maximum Gasteiger partial charge on any atom is 0.233 e. The van der Waals surface area contributed by atoms with E-state index in [0.29, 0.717) is 37.5 Å². The van der Waals surface area contributed by atoms with Crippen LogP contribution in [0.5, 0.6) is 0 Å². The molecule has 2 fully saturated rings. The minimum absolute atomic E-state index is 0.0138. The van der Waals surface area contributed by atoms with Crippen molar-refractivity contribution in [3.63, 3.8) is 0 Å². The molecule has 6 nitrogen and oxygen atoms in total. The van der Waals surface area contributed by atoms with Gasteiger partial charge < -0.3 is 19.7 Å². The van der Waals surface area contributed by atoms with Crippen LogP contribution in [0.25, 0.3) is 0 Å². The van der Waals surface area contributed by atoms with Crippen LogP contribution < -0.4 is 5.73 Å². The fourth-order valence-corrected chi connectivity index (χ4v) is 3.38. The summed E-state index contributed by atoms with van der Waals surface area (Å²) in [6.45, 7) is 3.79. The molecule has 118 valence electrons. The first-order valence-electron chi connectivity index (χ1n) is 8.08. The zero-order chi connectivity index (χ0) is 14.7. The first-order chi connectivity index (χ1) is 10.3. The lowest BCUT2D eigenvalue weighted by Gasteiger charge is -2.27. The van der Waals surface area contributed by atoms with Crippen molar-refractivity contribution >= 4 is 0 Å². The molecule has 1 aliphatic heterocycles. The Labute approximate surface area is 125 Å². The number of hydrogen-bond donors (Lipinski definition) is 1. The molecule has 1 aliphatic carbocycles. The van der Waals surface area contributed by atoms with E-state index < -0.39 is 0 Å². The summed E-state index contributed by atoms with van der Waals surface area (Å²) in [7, 11) is 0. The van der Waals surface area contributed by atoms with Crippen LogP contribution in [0.2, 0.25) is 0 Å². The molecule has 3 rings (SSSR count). The van der Waals surface area contributed by atoms with E-state index >= 15 is 0 Å². The van der Waals surface area contributed by atoms with Crippen LogP contribution in [0.4, 0.5) is 0 Å². The van der Waals surface area contributed by atoms with E-state index in [9.17, 15) is 0 Å². The van der Waals surface area contributed by atoms with Gasteiger partial charge in [0.25, 0.3) is 0 Å². The van der Waals surface area contributed by atoms with E-state index in [0.717, 1.165) is 0 Å². The van der Waals surface area contributed by atoms with Gasteiger partial charge in [-0.25, -0.2) is 0 Å². The molecule has 2 N–H and O–H groups in total. The fraction of sp³-hybridized carbons (Fsp3) is 0.867. The highest BCUT2D eigenvalue weighted by Crippen LogP contribution is 2.36. The third kappa shape index (κ3) is 3.27. The van der Waals surface area contributed by atoms with Crippen molar-refractivity contribution in [3.8, 4) is 0 Å². The molecule has 1 saturated carbocycles. The Hall–Kier alpha value is -0.980. The standard InChI is InChI=1S/C15H25N3O3/c1-2-20-13(10-6-4-3-5-7-10)14-17-15(21-18-14)11-8-19-9-12(11)16/h10-13H,2-9,16H2,1H3. The molecule has 21 heavy (non-hydrogen) atoms. The molecular formula is C15H25N3O3. The first kappa shape index (κ1) is 14.9. The van der Waals surface area contributed by atoms with Crippen LogP contribution in [0.3, 0.4) is 0 Å². The van der Waals surface area contributed by atoms with Gasteiger partial charge >= 0.3 is 0 Å². The van der Waals surface area contributed by atoms with Crippen molar-refractivity contribution in [2.45, 2.75) is 57.1 Å². The SMILES string of the molecule is CCOC(c1noc(C2COCC2N)n1)C1CCCCC1. The lowest BCUT2D eigenvalue weighted by Crippen LogP contribution is -2.27. The monoisotopic (exact) mass is 295 g/mol. The number of hydrogen-bond acceptors (Lipinski definition) is 6. The zero-order valence-corrected chi connectivity index (χ0v) is 12.7. The van der Waals surface area contributed by atoms with Gasteiger partial charge in [0.2, 0.25) is 11.7 Å².